The van der Waals surface area contributed by atoms with Gasteiger partial charge in [0.25, 0.3) is 0 Å². The summed E-state index contributed by atoms with van der Waals surface area (Å²) in [5.41, 5.74) is 9.46. The number of para-hydroxylation sites is 2. The Balaban J connectivity index is 1.14. The first kappa shape index (κ1) is 29.5. The number of rotatable bonds is 5. The maximum Gasteiger partial charge on any atom is 0.0640 e. The first-order valence-electron chi connectivity index (χ1n) is 17.6. The third kappa shape index (κ3) is 4.48. The first-order chi connectivity index (χ1) is 25.8. The van der Waals surface area contributed by atoms with Gasteiger partial charge in [0.05, 0.1) is 27.1 Å². The number of fused-ring (bicyclic) bond motifs is 9. The van der Waals surface area contributed by atoms with Crippen molar-refractivity contribution < 1.29 is 0 Å². The fourth-order valence-electron chi connectivity index (χ4n) is 8.11. The third-order valence-electron chi connectivity index (χ3n) is 10.4. The molecule has 0 amide bonds. The normalized spacial score (nSPS) is 11.8. The number of thiophene rings is 2. The van der Waals surface area contributed by atoms with Crippen molar-refractivity contribution in [2.45, 2.75) is 0 Å². The van der Waals surface area contributed by atoms with Gasteiger partial charge in [-0.25, -0.2) is 0 Å². The summed E-state index contributed by atoms with van der Waals surface area (Å²) in [4.78, 5) is 2.50. The smallest absolute Gasteiger partial charge is 0.0640 e. The number of benzene rings is 8. The van der Waals surface area contributed by atoms with Gasteiger partial charge in [0.15, 0.2) is 0 Å². The Bertz CT molecular complexity index is 3110. The minimum absolute atomic E-state index is 1.13. The SMILES string of the molecule is c1cc(-c2cccc(-n3c4ccccc4c4ccccc43)c2)cc(N(c2cccc3c2sc2ccccc23)c2cccc3sc4ccccc4c23)c1. The van der Waals surface area contributed by atoms with E-state index in [0.717, 1.165) is 11.4 Å². The Morgan fingerprint density at radius 2 is 0.942 bits per heavy atom. The summed E-state index contributed by atoms with van der Waals surface area (Å²) >= 11 is 3.74. The molecule has 0 saturated heterocycles. The molecule has 11 rings (SSSR count). The van der Waals surface area contributed by atoms with Gasteiger partial charge in [-0.3, -0.25) is 0 Å². The molecule has 0 radical (unpaired) electrons. The monoisotopic (exact) mass is 698 g/mol. The van der Waals surface area contributed by atoms with Crippen LogP contribution >= 0.6 is 22.7 Å². The van der Waals surface area contributed by atoms with E-state index < -0.39 is 0 Å². The lowest BCUT2D eigenvalue weighted by Crippen LogP contribution is -2.10. The topological polar surface area (TPSA) is 8.17 Å². The molecule has 0 bridgehead atoms. The predicted molar refractivity (Wildman–Crippen MR) is 227 cm³/mol. The van der Waals surface area contributed by atoms with Crippen molar-refractivity contribution in [2.24, 2.45) is 0 Å². The number of anilines is 3. The minimum atomic E-state index is 1.13. The second-order valence-corrected chi connectivity index (χ2v) is 15.4. The lowest BCUT2D eigenvalue weighted by atomic mass is 10.0. The maximum absolute atomic E-state index is 2.50. The van der Waals surface area contributed by atoms with Crippen LogP contribution in [0.5, 0.6) is 0 Å². The van der Waals surface area contributed by atoms with Crippen LogP contribution in [-0.4, -0.2) is 4.57 Å². The zero-order chi connectivity index (χ0) is 34.2. The second kappa shape index (κ2) is 11.7. The van der Waals surface area contributed by atoms with Gasteiger partial charge in [0.1, 0.15) is 0 Å². The van der Waals surface area contributed by atoms with Crippen LogP contribution in [-0.2, 0) is 0 Å². The number of hydrogen-bond acceptors (Lipinski definition) is 3. The lowest BCUT2D eigenvalue weighted by Gasteiger charge is -2.27. The summed E-state index contributed by atoms with van der Waals surface area (Å²) in [7, 11) is 0. The number of nitrogens with zero attached hydrogens (tertiary/aromatic N) is 2. The van der Waals surface area contributed by atoms with Gasteiger partial charge in [-0.05, 0) is 77.9 Å². The summed E-state index contributed by atoms with van der Waals surface area (Å²) in [6.45, 7) is 0. The molecule has 4 heteroatoms. The molecular weight excluding hydrogens is 669 g/mol. The minimum Gasteiger partial charge on any atom is -0.309 e. The Kier molecular flexibility index (Phi) is 6.63. The molecular formula is C48H30N2S2. The van der Waals surface area contributed by atoms with E-state index in [1.807, 2.05) is 22.7 Å². The predicted octanol–water partition coefficient (Wildman–Crippen LogP) is 14.7. The van der Waals surface area contributed by atoms with Crippen LogP contribution in [0.2, 0.25) is 0 Å². The van der Waals surface area contributed by atoms with Crippen LogP contribution in [0.4, 0.5) is 17.1 Å². The van der Waals surface area contributed by atoms with E-state index in [1.165, 1.54) is 84.7 Å². The van der Waals surface area contributed by atoms with Crippen molar-refractivity contribution in [1.29, 1.82) is 0 Å². The van der Waals surface area contributed by atoms with E-state index in [9.17, 15) is 0 Å². The fourth-order valence-corrected chi connectivity index (χ4v) is 10.4. The van der Waals surface area contributed by atoms with Crippen LogP contribution < -0.4 is 4.90 Å². The molecule has 2 nitrogen and oxygen atoms in total. The molecule has 0 aliphatic carbocycles. The zero-order valence-electron chi connectivity index (χ0n) is 28.0. The molecule has 0 N–H and O–H groups in total. The standard InChI is InChI=1S/C48H30N2S2/c1-5-22-40-35(17-1)36-18-2-6-23-41(36)49(40)33-15-9-13-31(29-33)32-14-10-16-34(30-32)50(42-24-12-28-46-47(42)39-20-4-8-27-45(39)51-46)43-25-11-21-38-37-19-3-7-26-44(37)52-48(38)43/h1-30H. The molecule has 52 heavy (non-hydrogen) atoms. The maximum atomic E-state index is 2.50. The summed E-state index contributed by atoms with van der Waals surface area (Å²) in [5.74, 6) is 0. The molecule has 0 aliphatic heterocycles. The van der Waals surface area contributed by atoms with Crippen molar-refractivity contribution in [3.63, 3.8) is 0 Å². The molecule has 0 atom stereocenters. The molecule has 0 unspecified atom stereocenters. The van der Waals surface area contributed by atoms with Gasteiger partial charge in [-0.1, -0.05) is 115 Å². The van der Waals surface area contributed by atoms with Crippen molar-refractivity contribution in [2.75, 3.05) is 4.90 Å². The second-order valence-electron chi connectivity index (χ2n) is 13.3. The molecule has 0 saturated carbocycles. The van der Waals surface area contributed by atoms with Crippen LogP contribution in [0.25, 0.3) is 79.0 Å². The van der Waals surface area contributed by atoms with Crippen LogP contribution in [0.15, 0.2) is 182 Å². The van der Waals surface area contributed by atoms with Gasteiger partial charge in [0, 0.05) is 57.8 Å². The molecule has 8 aromatic carbocycles. The third-order valence-corrected chi connectivity index (χ3v) is 12.7. The molecule has 3 aromatic heterocycles. The van der Waals surface area contributed by atoms with E-state index in [2.05, 4.69) is 191 Å². The van der Waals surface area contributed by atoms with E-state index in [1.54, 1.807) is 0 Å². The van der Waals surface area contributed by atoms with Crippen molar-refractivity contribution in [1.82, 2.24) is 4.57 Å². The van der Waals surface area contributed by atoms with E-state index in [-0.39, 0.29) is 0 Å². The number of hydrogen-bond donors (Lipinski definition) is 0. The average molecular weight is 699 g/mol. The molecule has 0 fully saturated rings. The summed E-state index contributed by atoms with van der Waals surface area (Å²) in [6, 6.07) is 66.6. The summed E-state index contributed by atoms with van der Waals surface area (Å²) in [5, 5.41) is 7.72. The molecule has 244 valence electrons. The lowest BCUT2D eigenvalue weighted by molar-refractivity contribution is 1.18. The van der Waals surface area contributed by atoms with Crippen LogP contribution in [0, 0.1) is 0 Å². The van der Waals surface area contributed by atoms with Crippen LogP contribution in [0.1, 0.15) is 0 Å². The Hall–Kier alpha value is -6.20. The zero-order valence-corrected chi connectivity index (χ0v) is 29.7. The Labute approximate surface area is 308 Å². The van der Waals surface area contributed by atoms with Gasteiger partial charge in [-0.2, -0.15) is 0 Å². The highest BCUT2D eigenvalue weighted by Gasteiger charge is 2.22. The Morgan fingerprint density at radius 3 is 1.73 bits per heavy atom. The Morgan fingerprint density at radius 1 is 0.385 bits per heavy atom. The molecule has 3 heterocycles. The van der Waals surface area contributed by atoms with E-state index in [4.69, 9.17) is 0 Å². The average Bonchev–Trinajstić information content (AvgIpc) is 3.89. The molecule has 0 aliphatic rings. The van der Waals surface area contributed by atoms with Crippen molar-refractivity contribution >= 4 is 102 Å². The summed E-state index contributed by atoms with van der Waals surface area (Å²) in [6.07, 6.45) is 0. The highest BCUT2D eigenvalue weighted by atomic mass is 32.1. The van der Waals surface area contributed by atoms with Gasteiger partial charge in [0.2, 0.25) is 0 Å². The summed E-state index contributed by atoms with van der Waals surface area (Å²) < 4.78 is 7.59. The highest BCUT2D eigenvalue weighted by molar-refractivity contribution is 7.26. The van der Waals surface area contributed by atoms with E-state index >= 15 is 0 Å². The van der Waals surface area contributed by atoms with Crippen molar-refractivity contribution in [3.8, 4) is 16.8 Å². The fraction of sp³-hybridized carbons (Fsp3) is 0. The number of aromatic nitrogens is 1. The van der Waals surface area contributed by atoms with Crippen LogP contribution in [0.3, 0.4) is 0 Å². The molecule has 11 aromatic rings. The molecule has 0 spiro atoms. The van der Waals surface area contributed by atoms with Gasteiger partial charge < -0.3 is 9.47 Å². The van der Waals surface area contributed by atoms with Gasteiger partial charge >= 0.3 is 0 Å². The van der Waals surface area contributed by atoms with Gasteiger partial charge in [-0.15, -0.1) is 22.7 Å². The van der Waals surface area contributed by atoms with E-state index in [0.29, 0.717) is 0 Å². The highest BCUT2D eigenvalue weighted by Crippen LogP contribution is 2.49. The first-order valence-corrected chi connectivity index (χ1v) is 19.2. The quantitative estimate of drug-likeness (QED) is 0.174. The largest absolute Gasteiger partial charge is 0.309 e. The van der Waals surface area contributed by atoms with Crippen molar-refractivity contribution in [3.05, 3.63) is 182 Å².